The summed E-state index contributed by atoms with van der Waals surface area (Å²) in [5.41, 5.74) is 5.99. The molecule has 0 rings (SSSR count). The van der Waals surface area contributed by atoms with Gasteiger partial charge in [0.25, 0.3) is 0 Å². The lowest BCUT2D eigenvalue weighted by Crippen LogP contribution is -2.14. The van der Waals surface area contributed by atoms with Crippen LogP contribution in [0.5, 0.6) is 0 Å². The summed E-state index contributed by atoms with van der Waals surface area (Å²) in [6.07, 6.45) is 6.68. The average Bonchev–Trinajstić information content (AvgIpc) is 2.23. The predicted octanol–water partition coefficient (Wildman–Crippen LogP) is 1.07. The lowest BCUT2D eigenvalue weighted by molar-refractivity contribution is -0.138. The van der Waals surface area contributed by atoms with Crippen LogP contribution in [0.15, 0.2) is 35.7 Å². The van der Waals surface area contributed by atoms with Crippen molar-refractivity contribution in [2.75, 3.05) is 13.7 Å². The second kappa shape index (κ2) is 7.67. The molecule has 0 saturated heterocycles. The van der Waals surface area contributed by atoms with Crippen LogP contribution in [0.2, 0.25) is 0 Å². The predicted molar refractivity (Wildman–Crippen MR) is 60.9 cm³/mol. The Morgan fingerprint density at radius 1 is 1.47 bits per heavy atom. The Kier molecular flexibility index (Phi) is 6.80. The summed E-state index contributed by atoms with van der Waals surface area (Å²) in [6, 6.07) is 0. The number of nitrogens with one attached hydrogen (secondary N) is 1. The average molecular weight is 210 g/mol. The van der Waals surface area contributed by atoms with E-state index in [1.165, 1.54) is 0 Å². The first kappa shape index (κ1) is 13.3. The first-order valence-corrected chi connectivity index (χ1v) is 4.80. The van der Waals surface area contributed by atoms with Crippen molar-refractivity contribution in [2.45, 2.75) is 13.8 Å². The minimum Gasteiger partial charge on any atom is -0.462 e. The SMILES string of the molecule is C\C=C/C(=C\C=C(/N)NC)C(=O)OCC. The quantitative estimate of drug-likeness (QED) is 0.405. The Morgan fingerprint density at radius 2 is 2.13 bits per heavy atom. The summed E-state index contributed by atoms with van der Waals surface area (Å²) in [4.78, 5) is 11.4. The lowest BCUT2D eigenvalue weighted by atomic mass is 10.2. The van der Waals surface area contributed by atoms with E-state index >= 15 is 0 Å². The fourth-order valence-electron chi connectivity index (χ4n) is 0.849. The molecule has 0 aliphatic heterocycles. The standard InChI is InChI=1S/C11H18N2O2/c1-4-6-9(11(14)15-5-2)7-8-10(12)13-3/h4,6-8,13H,5,12H2,1-3H3/b6-4-,9-7+,10-8+. The van der Waals surface area contributed by atoms with E-state index in [0.29, 0.717) is 18.0 Å². The van der Waals surface area contributed by atoms with Gasteiger partial charge >= 0.3 is 5.97 Å². The summed E-state index contributed by atoms with van der Waals surface area (Å²) in [5.74, 6) is 0.136. The van der Waals surface area contributed by atoms with E-state index in [9.17, 15) is 4.79 Å². The number of carbonyl (C=O) groups is 1. The van der Waals surface area contributed by atoms with Gasteiger partial charge < -0.3 is 15.8 Å². The zero-order valence-electron chi connectivity index (χ0n) is 9.41. The fraction of sp³-hybridized carbons (Fsp3) is 0.364. The van der Waals surface area contributed by atoms with Crippen LogP contribution >= 0.6 is 0 Å². The Labute approximate surface area is 90.5 Å². The highest BCUT2D eigenvalue weighted by Gasteiger charge is 2.04. The van der Waals surface area contributed by atoms with Crippen molar-refractivity contribution in [1.29, 1.82) is 0 Å². The van der Waals surface area contributed by atoms with E-state index in [4.69, 9.17) is 10.5 Å². The summed E-state index contributed by atoms with van der Waals surface area (Å²) in [5, 5.41) is 2.75. The summed E-state index contributed by atoms with van der Waals surface area (Å²) in [7, 11) is 1.71. The zero-order valence-corrected chi connectivity index (χ0v) is 9.41. The Balaban J connectivity index is 4.73. The van der Waals surface area contributed by atoms with E-state index in [-0.39, 0.29) is 5.97 Å². The topological polar surface area (TPSA) is 64.3 Å². The van der Waals surface area contributed by atoms with Gasteiger partial charge in [0.1, 0.15) is 0 Å². The van der Waals surface area contributed by atoms with Crippen LogP contribution in [0.4, 0.5) is 0 Å². The van der Waals surface area contributed by atoms with Gasteiger partial charge in [0, 0.05) is 7.05 Å². The van der Waals surface area contributed by atoms with E-state index in [1.54, 1.807) is 38.3 Å². The molecule has 0 radical (unpaired) electrons. The Morgan fingerprint density at radius 3 is 2.60 bits per heavy atom. The monoisotopic (exact) mass is 210 g/mol. The molecule has 4 heteroatoms. The van der Waals surface area contributed by atoms with Gasteiger partial charge in [-0.2, -0.15) is 0 Å². The van der Waals surface area contributed by atoms with Crippen molar-refractivity contribution in [2.24, 2.45) is 5.73 Å². The van der Waals surface area contributed by atoms with Crippen LogP contribution in [-0.2, 0) is 9.53 Å². The Hall–Kier alpha value is -1.71. The number of nitrogens with two attached hydrogens (primary N) is 1. The maximum absolute atomic E-state index is 11.4. The van der Waals surface area contributed by atoms with Crippen LogP contribution in [0.1, 0.15) is 13.8 Å². The molecule has 15 heavy (non-hydrogen) atoms. The molecule has 0 unspecified atom stereocenters. The third kappa shape index (κ3) is 5.57. The molecule has 84 valence electrons. The number of rotatable bonds is 5. The van der Waals surface area contributed by atoms with E-state index < -0.39 is 0 Å². The van der Waals surface area contributed by atoms with Gasteiger partial charge in [-0.25, -0.2) is 4.79 Å². The van der Waals surface area contributed by atoms with Crippen molar-refractivity contribution >= 4 is 5.97 Å². The van der Waals surface area contributed by atoms with Gasteiger partial charge in [0.2, 0.25) is 0 Å². The highest BCUT2D eigenvalue weighted by atomic mass is 16.5. The third-order valence-corrected chi connectivity index (χ3v) is 1.59. The number of ether oxygens (including phenoxy) is 1. The Bertz CT molecular complexity index is 291. The highest BCUT2D eigenvalue weighted by Crippen LogP contribution is 2.01. The van der Waals surface area contributed by atoms with Crippen molar-refractivity contribution < 1.29 is 9.53 Å². The molecule has 0 saturated carbocycles. The van der Waals surface area contributed by atoms with Crippen LogP contribution in [0.25, 0.3) is 0 Å². The first-order chi connectivity index (χ1) is 7.15. The minimum absolute atomic E-state index is 0.351. The summed E-state index contributed by atoms with van der Waals surface area (Å²) >= 11 is 0. The fourth-order valence-corrected chi connectivity index (χ4v) is 0.849. The molecule has 0 fully saturated rings. The number of hydrogen-bond acceptors (Lipinski definition) is 4. The molecule has 0 heterocycles. The molecule has 0 bridgehead atoms. The van der Waals surface area contributed by atoms with Crippen LogP contribution in [-0.4, -0.2) is 19.6 Å². The second-order valence-corrected chi connectivity index (χ2v) is 2.71. The second-order valence-electron chi connectivity index (χ2n) is 2.71. The van der Waals surface area contributed by atoms with E-state index in [2.05, 4.69) is 5.32 Å². The number of carbonyl (C=O) groups excluding carboxylic acids is 1. The van der Waals surface area contributed by atoms with Crippen molar-refractivity contribution in [3.63, 3.8) is 0 Å². The number of esters is 1. The van der Waals surface area contributed by atoms with Gasteiger partial charge in [-0.05, 0) is 26.0 Å². The van der Waals surface area contributed by atoms with Crippen molar-refractivity contribution in [3.05, 3.63) is 35.7 Å². The smallest absolute Gasteiger partial charge is 0.338 e. The minimum atomic E-state index is -0.351. The molecule has 0 aromatic rings. The van der Waals surface area contributed by atoms with E-state index in [0.717, 1.165) is 0 Å². The maximum Gasteiger partial charge on any atom is 0.338 e. The molecule has 0 spiro atoms. The first-order valence-electron chi connectivity index (χ1n) is 4.80. The summed E-state index contributed by atoms with van der Waals surface area (Å²) in [6.45, 7) is 3.96. The number of hydrogen-bond donors (Lipinski definition) is 2. The van der Waals surface area contributed by atoms with Gasteiger partial charge in [-0.1, -0.05) is 12.2 Å². The lowest BCUT2D eigenvalue weighted by Gasteiger charge is -2.01. The molecule has 0 aromatic heterocycles. The molecule has 3 N–H and O–H groups in total. The van der Waals surface area contributed by atoms with Crippen LogP contribution in [0.3, 0.4) is 0 Å². The van der Waals surface area contributed by atoms with Crippen molar-refractivity contribution in [3.8, 4) is 0 Å². The van der Waals surface area contributed by atoms with Gasteiger partial charge in [-0.3, -0.25) is 0 Å². The normalized spacial score (nSPS) is 13.0. The highest BCUT2D eigenvalue weighted by molar-refractivity contribution is 5.91. The molecular formula is C11H18N2O2. The summed E-state index contributed by atoms with van der Waals surface area (Å²) < 4.78 is 4.87. The third-order valence-electron chi connectivity index (χ3n) is 1.59. The van der Waals surface area contributed by atoms with Gasteiger partial charge in [0.05, 0.1) is 18.0 Å². The van der Waals surface area contributed by atoms with E-state index in [1.807, 2.05) is 6.92 Å². The molecular weight excluding hydrogens is 192 g/mol. The van der Waals surface area contributed by atoms with Crippen LogP contribution in [0, 0.1) is 0 Å². The van der Waals surface area contributed by atoms with Crippen molar-refractivity contribution in [1.82, 2.24) is 5.32 Å². The molecule has 0 atom stereocenters. The maximum atomic E-state index is 11.4. The number of allylic oxidation sites excluding steroid dienone is 3. The molecule has 0 aliphatic rings. The van der Waals surface area contributed by atoms with Gasteiger partial charge in [0.15, 0.2) is 0 Å². The molecule has 4 nitrogen and oxygen atoms in total. The van der Waals surface area contributed by atoms with Gasteiger partial charge in [-0.15, -0.1) is 0 Å². The molecule has 0 aliphatic carbocycles. The molecule has 0 amide bonds. The zero-order chi connectivity index (χ0) is 11.7. The van der Waals surface area contributed by atoms with Crippen LogP contribution < -0.4 is 11.1 Å². The molecule has 0 aromatic carbocycles. The largest absolute Gasteiger partial charge is 0.462 e.